The number of nitrogens with zero attached hydrogens (tertiary/aromatic N) is 4. The summed E-state index contributed by atoms with van der Waals surface area (Å²) in [6.45, 7) is 5.21. The van der Waals surface area contributed by atoms with Crippen LogP contribution in [-0.2, 0) is 19.4 Å². The van der Waals surface area contributed by atoms with Crippen molar-refractivity contribution in [3.8, 4) is 0 Å². The molecule has 1 atom stereocenters. The molecule has 5 heteroatoms. The Morgan fingerprint density at radius 3 is 2.88 bits per heavy atom. The van der Waals surface area contributed by atoms with Crippen LogP contribution in [0.3, 0.4) is 0 Å². The van der Waals surface area contributed by atoms with E-state index in [-0.39, 0.29) is 5.82 Å². The molecule has 1 aromatic carbocycles. The Morgan fingerprint density at radius 1 is 1.19 bits per heavy atom. The van der Waals surface area contributed by atoms with Crippen molar-refractivity contribution in [3.63, 3.8) is 0 Å². The molecule has 1 saturated heterocycles. The van der Waals surface area contributed by atoms with Gasteiger partial charge in [0.15, 0.2) is 5.65 Å². The average molecular weight is 350 g/mol. The molecule has 4 heterocycles. The molecule has 0 spiro atoms. The third kappa shape index (κ3) is 2.53. The van der Waals surface area contributed by atoms with E-state index in [0.29, 0.717) is 6.04 Å². The lowest BCUT2D eigenvalue weighted by Gasteiger charge is -2.30. The number of aromatic nitrogens is 3. The van der Waals surface area contributed by atoms with Crippen molar-refractivity contribution < 1.29 is 4.39 Å². The zero-order valence-electron chi connectivity index (χ0n) is 15.1. The molecule has 0 saturated carbocycles. The molecule has 2 aliphatic heterocycles. The second-order valence-electron chi connectivity index (χ2n) is 7.52. The lowest BCUT2D eigenvalue weighted by atomic mass is 9.98. The van der Waals surface area contributed by atoms with Crippen molar-refractivity contribution in [2.24, 2.45) is 0 Å². The Morgan fingerprint density at radius 2 is 2.04 bits per heavy atom. The zero-order valence-corrected chi connectivity index (χ0v) is 15.1. The van der Waals surface area contributed by atoms with Gasteiger partial charge in [-0.05, 0) is 50.4 Å². The van der Waals surface area contributed by atoms with Crippen LogP contribution in [0.25, 0.3) is 11.2 Å². The first-order valence-corrected chi connectivity index (χ1v) is 9.54. The van der Waals surface area contributed by atoms with Crippen LogP contribution in [-0.4, -0.2) is 32.5 Å². The van der Waals surface area contributed by atoms with Gasteiger partial charge in [0.25, 0.3) is 0 Å². The van der Waals surface area contributed by atoms with Crippen LogP contribution in [0, 0.1) is 12.7 Å². The van der Waals surface area contributed by atoms with Crippen LogP contribution >= 0.6 is 0 Å². The third-order valence-corrected chi connectivity index (χ3v) is 5.89. The van der Waals surface area contributed by atoms with Gasteiger partial charge in [0.05, 0.1) is 11.9 Å². The standard InChI is InChI=1S/C21H23FN4/c1-14-13-23-21-20(24-14)19-17-3-2-10-25(17)11-9-18(19)26(21)12-8-15-4-6-16(22)7-5-15/h4-7,13,17H,2-3,8-12H2,1H3. The van der Waals surface area contributed by atoms with Crippen molar-refractivity contribution in [2.45, 2.75) is 45.2 Å². The summed E-state index contributed by atoms with van der Waals surface area (Å²) in [5.41, 5.74) is 7.06. The molecule has 0 bridgehead atoms. The van der Waals surface area contributed by atoms with Crippen LogP contribution in [0.5, 0.6) is 0 Å². The van der Waals surface area contributed by atoms with Gasteiger partial charge in [0.2, 0.25) is 0 Å². The summed E-state index contributed by atoms with van der Waals surface area (Å²) in [6, 6.07) is 7.34. The lowest BCUT2D eigenvalue weighted by molar-refractivity contribution is 0.241. The van der Waals surface area contributed by atoms with Crippen molar-refractivity contribution in [1.29, 1.82) is 0 Å². The van der Waals surface area contributed by atoms with Gasteiger partial charge in [0.1, 0.15) is 11.3 Å². The summed E-state index contributed by atoms with van der Waals surface area (Å²) < 4.78 is 15.5. The summed E-state index contributed by atoms with van der Waals surface area (Å²) in [7, 11) is 0. The van der Waals surface area contributed by atoms with Gasteiger partial charge in [-0.25, -0.2) is 14.4 Å². The van der Waals surface area contributed by atoms with Crippen molar-refractivity contribution in [2.75, 3.05) is 13.1 Å². The van der Waals surface area contributed by atoms with Gasteiger partial charge in [-0.15, -0.1) is 0 Å². The number of hydrogen-bond acceptors (Lipinski definition) is 3. The number of hydrogen-bond donors (Lipinski definition) is 0. The summed E-state index contributed by atoms with van der Waals surface area (Å²) in [6.07, 6.45) is 6.30. The maximum Gasteiger partial charge on any atom is 0.159 e. The van der Waals surface area contributed by atoms with Crippen LogP contribution in [0.1, 0.15) is 41.4 Å². The normalized spacial score (nSPS) is 19.7. The van der Waals surface area contributed by atoms with E-state index in [2.05, 4.69) is 9.47 Å². The first-order valence-electron chi connectivity index (χ1n) is 9.54. The van der Waals surface area contributed by atoms with E-state index in [1.165, 1.54) is 42.8 Å². The van der Waals surface area contributed by atoms with E-state index in [4.69, 9.17) is 9.97 Å². The van der Waals surface area contributed by atoms with Gasteiger partial charge in [-0.2, -0.15) is 0 Å². The second kappa shape index (κ2) is 6.16. The van der Waals surface area contributed by atoms with E-state index in [9.17, 15) is 4.39 Å². The number of benzene rings is 1. The summed E-state index contributed by atoms with van der Waals surface area (Å²) in [5.74, 6) is -0.180. The first kappa shape index (κ1) is 15.9. The Kier molecular flexibility index (Phi) is 3.78. The minimum atomic E-state index is -0.180. The molecular weight excluding hydrogens is 327 g/mol. The van der Waals surface area contributed by atoms with Crippen molar-refractivity contribution in [3.05, 3.63) is 58.8 Å². The predicted molar refractivity (Wildman–Crippen MR) is 99.6 cm³/mol. The molecule has 0 amide bonds. The highest BCUT2D eigenvalue weighted by Gasteiger charge is 2.36. The van der Waals surface area contributed by atoms with E-state index >= 15 is 0 Å². The summed E-state index contributed by atoms with van der Waals surface area (Å²) >= 11 is 0. The summed E-state index contributed by atoms with van der Waals surface area (Å²) in [5, 5.41) is 0. The van der Waals surface area contributed by atoms with E-state index < -0.39 is 0 Å². The predicted octanol–water partition coefficient (Wildman–Crippen LogP) is 3.81. The maximum absolute atomic E-state index is 13.2. The van der Waals surface area contributed by atoms with Gasteiger partial charge >= 0.3 is 0 Å². The molecule has 1 fully saturated rings. The number of fused-ring (bicyclic) bond motifs is 5. The molecule has 3 aromatic rings. The van der Waals surface area contributed by atoms with E-state index in [1.54, 1.807) is 0 Å². The van der Waals surface area contributed by atoms with Gasteiger partial charge in [0, 0.05) is 36.8 Å². The van der Waals surface area contributed by atoms with Crippen LogP contribution in [0.15, 0.2) is 30.5 Å². The van der Waals surface area contributed by atoms with Crippen LogP contribution in [0.2, 0.25) is 0 Å². The fraction of sp³-hybridized carbons (Fsp3) is 0.429. The monoisotopic (exact) mass is 350 g/mol. The molecule has 5 rings (SSSR count). The third-order valence-electron chi connectivity index (χ3n) is 5.89. The Bertz CT molecular complexity index is 960. The molecule has 2 aromatic heterocycles. The maximum atomic E-state index is 13.2. The quantitative estimate of drug-likeness (QED) is 0.720. The molecule has 134 valence electrons. The highest BCUT2D eigenvalue weighted by molar-refractivity contribution is 5.79. The van der Waals surface area contributed by atoms with Gasteiger partial charge in [-0.3, -0.25) is 4.90 Å². The molecule has 2 aliphatic rings. The second-order valence-corrected chi connectivity index (χ2v) is 7.52. The van der Waals surface area contributed by atoms with Crippen LogP contribution in [0.4, 0.5) is 4.39 Å². The lowest BCUT2D eigenvalue weighted by Crippen LogP contribution is -2.31. The number of rotatable bonds is 3. The summed E-state index contributed by atoms with van der Waals surface area (Å²) in [4.78, 5) is 12.2. The average Bonchev–Trinajstić information content (AvgIpc) is 3.23. The molecule has 26 heavy (non-hydrogen) atoms. The molecule has 0 radical (unpaired) electrons. The topological polar surface area (TPSA) is 34.0 Å². The Hall–Kier alpha value is -2.27. The number of halogens is 1. The zero-order chi connectivity index (χ0) is 17.7. The van der Waals surface area contributed by atoms with Gasteiger partial charge in [-0.1, -0.05) is 12.1 Å². The molecular formula is C21H23FN4. The first-order chi connectivity index (χ1) is 12.7. The fourth-order valence-electron chi connectivity index (χ4n) is 4.68. The largest absolute Gasteiger partial charge is 0.328 e. The molecule has 4 nitrogen and oxygen atoms in total. The number of aryl methyl sites for hydroxylation is 3. The molecule has 1 unspecified atom stereocenters. The Balaban J connectivity index is 1.57. The highest BCUT2D eigenvalue weighted by atomic mass is 19.1. The molecule has 0 aliphatic carbocycles. The Labute approximate surface area is 152 Å². The van der Waals surface area contributed by atoms with Crippen molar-refractivity contribution >= 4 is 11.2 Å². The van der Waals surface area contributed by atoms with Gasteiger partial charge < -0.3 is 4.57 Å². The van der Waals surface area contributed by atoms with E-state index in [1.807, 2.05) is 25.3 Å². The van der Waals surface area contributed by atoms with Crippen molar-refractivity contribution in [1.82, 2.24) is 19.4 Å². The minimum Gasteiger partial charge on any atom is -0.328 e. The van der Waals surface area contributed by atoms with E-state index in [0.717, 1.165) is 48.4 Å². The fourth-order valence-corrected chi connectivity index (χ4v) is 4.68. The molecule has 0 N–H and O–H groups in total. The SMILES string of the molecule is Cc1cnc2c(n1)c1c(n2CCc2ccc(F)cc2)CCN2CCCC12. The highest BCUT2D eigenvalue weighted by Crippen LogP contribution is 2.42. The smallest absolute Gasteiger partial charge is 0.159 e. The minimum absolute atomic E-state index is 0.180. The van der Waals surface area contributed by atoms with Crippen LogP contribution < -0.4 is 0 Å².